The number of piperidine rings is 1. The highest BCUT2D eigenvalue weighted by atomic mass is 16.1. The molecule has 1 saturated heterocycles. The summed E-state index contributed by atoms with van der Waals surface area (Å²) in [4.78, 5) is 14.8. The molecule has 1 aromatic rings. The number of hydrogen-bond donors (Lipinski definition) is 0. The third kappa shape index (κ3) is 2.35. The number of likely N-dealkylation sites (tertiary alicyclic amines) is 1. The SMILES string of the molecule is CCC(=O)C1(c2cccc(C)c2)CCN(C)CC1. The Bertz CT molecular complexity index is 430. The fourth-order valence-corrected chi connectivity index (χ4v) is 3.01. The van der Waals surface area contributed by atoms with Gasteiger partial charge in [0.1, 0.15) is 5.78 Å². The first kappa shape index (κ1) is 13.3. The first-order valence-corrected chi connectivity index (χ1v) is 6.87. The van der Waals surface area contributed by atoms with E-state index in [9.17, 15) is 4.79 Å². The molecule has 18 heavy (non-hydrogen) atoms. The van der Waals surface area contributed by atoms with E-state index in [-0.39, 0.29) is 5.41 Å². The summed E-state index contributed by atoms with van der Waals surface area (Å²) in [6.07, 6.45) is 2.55. The summed E-state index contributed by atoms with van der Waals surface area (Å²) < 4.78 is 0. The number of benzene rings is 1. The summed E-state index contributed by atoms with van der Waals surface area (Å²) in [6, 6.07) is 8.50. The molecule has 1 heterocycles. The van der Waals surface area contributed by atoms with E-state index in [1.54, 1.807) is 0 Å². The standard InChI is InChI=1S/C16H23NO/c1-4-15(18)16(8-10-17(3)11-9-16)14-7-5-6-13(2)12-14/h5-7,12H,4,8-11H2,1-3H3. The van der Waals surface area contributed by atoms with E-state index in [0.717, 1.165) is 25.9 Å². The molecule has 0 bridgehead atoms. The summed E-state index contributed by atoms with van der Waals surface area (Å²) >= 11 is 0. The second-order valence-electron chi connectivity index (χ2n) is 5.53. The highest BCUT2D eigenvalue weighted by Gasteiger charge is 2.40. The van der Waals surface area contributed by atoms with Crippen LogP contribution in [0.15, 0.2) is 24.3 Å². The Morgan fingerprint density at radius 2 is 2.00 bits per heavy atom. The van der Waals surface area contributed by atoms with Gasteiger partial charge in [0.2, 0.25) is 0 Å². The van der Waals surface area contributed by atoms with Crippen molar-refractivity contribution in [1.29, 1.82) is 0 Å². The Hall–Kier alpha value is -1.15. The number of Topliss-reactive ketones (excluding diaryl/α,β-unsaturated/α-hetero) is 1. The summed E-state index contributed by atoms with van der Waals surface area (Å²) in [6.45, 7) is 6.11. The van der Waals surface area contributed by atoms with Crippen LogP contribution in [0, 0.1) is 6.92 Å². The highest BCUT2D eigenvalue weighted by molar-refractivity contribution is 5.90. The van der Waals surface area contributed by atoms with Gasteiger partial charge in [-0.05, 0) is 45.5 Å². The van der Waals surface area contributed by atoms with Crippen LogP contribution in [-0.2, 0) is 10.2 Å². The van der Waals surface area contributed by atoms with Crippen LogP contribution in [0.2, 0.25) is 0 Å². The molecule has 0 saturated carbocycles. The van der Waals surface area contributed by atoms with Crippen molar-refractivity contribution in [3.63, 3.8) is 0 Å². The molecule has 0 radical (unpaired) electrons. The number of carbonyl (C=O) groups excluding carboxylic acids is 1. The number of ketones is 1. The molecular weight excluding hydrogens is 222 g/mol. The van der Waals surface area contributed by atoms with Crippen molar-refractivity contribution in [2.75, 3.05) is 20.1 Å². The number of aryl methyl sites for hydroxylation is 1. The van der Waals surface area contributed by atoms with Gasteiger partial charge in [-0.2, -0.15) is 0 Å². The van der Waals surface area contributed by atoms with Gasteiger partial charge < -0.3 is 4.90 Å². The molecule has 0 spiro atoms. The molecule has 1 aromatic carbocycles. The molecule has 2 heteroatoms. The van der Waals surface area contributed by atoms with Gasteiger partial charge in [-0.15, -0.1) is 0 Å². The minimum absolute atomic E-state index is 0.229. The van der Waals surface area contributed by atoms with Crippen LogP contribution < -0.4 is 0 Å². The van der Waals surface area contributed by atoms with Crippen LogP contribution in [0.3, 0.4) is 0 Å². The molecule has 0 amide bonds. The first-order chi connectivity index (χ1) is 8.58. The minimum atomic E-state index is -0.229. The average Bonchev–Trinajstić information content (AvgIpc) is 2.39. The van der Waals surface area contributed by atoms with Gasteiger partial charge in [0.15, 0.2) is 0 Å². The fraction of sp³-hybridized carbons (Fsp3) is 0.562. The molecule has 1 fully saturated rings. The lowest BCUT2D eigenvalue weighted by Gasteiger charge is -2.40. The van der Waals surface area contributed by atoms with Gasteiger partial charge in [-0.25, -0.2) is 0 Å². The number of hydrogen-bond acceptors (Lipinski definition) is 2. The van der Waals surface area contributed by atoms with E-state index in [2.05, 4.69) is 43.1 Å². The van der Waals surface area contributed by atoms with E-state index in [1.807, 2.05) is 6.92 Å². The zero-order valence-electron chi connectivity index (χ0n) is 11.7. The molecule has 1 aliphatic rings. The lowest BCUT2D eigenvalue weighted by molar-refractivity contribution is -0.126. The van der Waals surface area contributed by atoms with E-state index < -0.39 is 0 Å². The van der Waals surface area contributed by atoms with Gasteiger partial charge in [-0.3, -0.25) is 4.79 Å². The van der Waals surface area contributed by atoms with Gasteiger partial charge in [0, 0.05) is 6.42 Å². The maximum absolute atomic E-state index is 12.5. The molecule has 1 aliphatic heterocycles. The summed E-state index contributed by atoms with van der Waals surface area (Å²) in [7, 11) is 2.14. The topological polar surface area (TPSA) is 20.3 Å². The van der Waals surface area contributed by atoms with E-state index in [1.165, 1.54) is 11.1 Å². The largest absolute Gasteiger partial charge is 0.306 e. The molecule has 0 aromatic heterocycles. The van der Waals surface area contributed by atoms with Crippen LogP contribution in [0.4, 0.5) is 0 Å². The van der Waals surface area contributed by atoms with Crippen molar-refractivity contribution in [3.8, 4) is 0 Å². The average molecular weight is 245 g/mol. The Kier molecular flexibility index (Phi) is 3.86. The Morgan fingerprint density at radius 1 is 1.33 bits per heavy atom. The Morgan fingerprint density at radius 3 is 2.56 bits per heavy atom. The molecule has 0 aliphatic carbocycles. The van der Waals surface area contributed by atoms with Crippen LogP contribution in [-0.4, -0.2) is 30.8 Å². The Labute approximate surface area is 110 Å². The van der Waals surface area contributed by atoms with Gasteiger partial charge in [0.25, 0.3) is 0 Å². The quantitative estimate of drug-likeness (QED) is 0.816. The number of rotatable bonds is 3. The predicted molar refractivity (Wildman–Crippen MR) is 74.9 cm³/mol. The van der Waals surface area contributed by atoms with Crippen LogP contribution in [0.5, 0.6) is 0 Å². The molecule has 98 valence electrons. The monoisotopic (exact) mass is 245 g/mol. The molecule has 0 N–H and O–H groups in total. The van der Waals surface area contributed by atoms with E-state index >= 15 is 0 Å². The molecule has 2 rings (SSSR count). The van der Waals surface area contributed by atoms with Crippen molar-refractivity contribution >= 4 is 5.78 Å². The van der Waals surface area contributed by atoms with Crippen molar-refractivity contribution < 1.29 is 4.79 Å². The lowest BCUT2D eigenvalue weighted by Crippen LogP contribution is -2.46. The van der Waals surface area contributed by atoms with Crippen molar-refractivity contribution in [2.24, 2.45) is 0 Å². The smallest absolute Gasteiger partial charge is 0.143 e. The summed E-state index contributed by atoms with van der Waals surface area (Å²) in [5.74, 6) is 0.404. The maximum atomic E-state index is 12.5. The van der Waals surface area contributed by atoms with E-state index in [4.69, 9.17) is 0 Å². The second-order valence-corrected chi connectivity index (χ2v) is 5.53. The third-order valence-electron chi connectivity index (χ3n) is 4.27. The van der Waals surface area contributed by atoms with Crippen molar-refractivity contribution in [1.82, 2.24) is 4.90 Å². The minimum Gasteiger partial charge on any atom is -0.306 e. The van der Waals surface area contributed by atoms with E-state index in [0.29, 0.717) is 12.2 Å². The zero-order valence-corrected chi connectivity index (χ0v) is 11.7. The van der Waals surface area contributed by atoms with Gasteiger partial charge in [-0.1, -0.05) is 36.8 Å². The number of carbonyl (C=O) groups is 1. The third-order valence-corrected chi connectivity index (χ3v) is 4.27. The molecule has 0 atom stereocenters. The normalized spacial score (nSPS) is 19.7. The zero-order chi connectivity index (χ0) is 13.2. The van der Waals surface area contributed by atoms with Crippen LogP contribution in [0.25, 0.3) is 0 Å². The molecule has 2 nitrogen and oxygen atoms in total. The van der Waals surface area contributed by atoms with Gasteiger partial charge in [0.05, 0.1) is 5.41 Å². The Balaban J connectivity index is 2.39. The molecular formula is C16H23NO. The molecule has 0 unspecified atom stereocenters. The predicted octanol–water partition coefficient (Wildman–Crippen LogP) is 2.94. The first-order valence-electron chi connectivity index (χ1n) is 6.87. The van der Waals surface area contributed by atoms with Gasteiger partial charge >= 0.3 is 0 Å². The van der Waals surface area contributed by atoms with Crippen molar-refractivity contribution in [2.45, 2.75) is 38.5 Å². The summed E-state index contributed by atoms with van der Waals surface area (Å²) in [5, 5.41) is 0. The fourth-order valence-electron chi connectivity index (χ4n) is 3.01. The van der Waals surface area contributed by atoms with Crippen molar-refractivity contribution in [3.05, 3.63) is 35.4 Å². The van der Waals surface area contributed by atoms with Crippen LogP contribution >= 0.6 is 0 Å². The number of nitrogens with zero attached hydrogens (tertiary/aromatic N) is 1. The highest BCUT2D eigenvalue weighted by Crippen LogP contribution is 2.37. The van der Waals surface area contributed by atoms with Crippen LogP contribution in [0.1, 0.15) is 37.3 Å². The lowest BCUT2D eigenvalue weighted by atomic mass is 9.69. The summed E-state index contributed by atoms with van der Waals surface area (Å²) in [5.41, 5.74) is 2.24. The maximum Gasteiger partial charge on any atom is 0.143 e. The second kappa shape index (κ2) is 5.23.